The van der Waals surface area contributed by atoms with Gasteiger partial charge in [0.2, 0.25) is 5.91 Å². The molecule has 1 fully saturated rings. The first kappa shape index (κ1) is 23.7. The van der Waals surface area contributed by atoms with Gasteiger partial charge >= 0.3 is 12.2 Å². The molecule has 0 radical (unpaired) electrons. The number of likely N-dealkylation sites (tertiary alicyclic amines) is 1. The maximum absolute atomic E-state index is 13.3. The molecule has 3 amide bonds. The van der Waals surface area contributed by atoms with Crippen molar-refractivity contribution in [3.8, 4) is 0 Å². The van der Waals surface area contributed by atoms with Gasteiger partial charge in [0.05, 0.1) is 12.5 Å². The number of rotatable bonds is 3. The van der Waals surface area contributed by atoms with E-state index in [2.05, 4.69) is 0 Å². The summed E-state index contributed by atoms with van der Waals surface area (Å²) in [5.74, 6) is -0.816. The third kappa shape index (κ3) is 7.35. The van der Waals surface area contributed by atoms with Crippen LogP contribution in [0.3, 0.4) is 0 Å². The molecule has 0 aromatic heterocycles. The minimum atomic E-state index is -0.721. The Hall–Kier alpha value is -2.57. The maximum atomic E-state index is 13.3. The zero-order valence-electron chi connectivity index (χ0n) is 18.9. The number of nitrogens with zero attached hydrogens (tertiary/aromatic N) is 2. The largest absolute Gasteiger partial charge is 0.444 e. The van der Waals surface area contributed by atoms with Crippen molar-refractivity contribution < 1.29 is 23.9 Å². The number of hydrogen-bond donors (Lipinski definition) is 0. The van der Waals surface area contributed by atoms with Crippen LogP contribution in [0, 0.1) is 5.92 Å². The molecule has 1 aromatic rings. The molecule has 7 heteroatoms. The summed E-state index contributed by atoms with van der Waals surface area (Å²) < 4.78 is 10.9. The van der Waals surface area contributed by atoms with Crippen LogP contribution < -0.4 is 0 Å². The van der Waals surface area contributed by atoms with Crippen LogP contribution in [0.2, 0.25) is 0 Å². The van der Waals surface area contributed by atoms with Crippen LogP contribution in [0.1, 0.15) is 59.9 Å². The van der Waals surface area contributed by atoms with Crippen molar-refractivity contribution in [3.63, 3.8) is 0 Å². The van der Waals surface area contributed by atoms with E-state index in [9.17, 15) is 14.4 Å². The van der Waals surface area contributed by atoms with E-state index in [-0.39, 0.29) is 19.0 Å². The van der Waals surface area contributed by atoms with E-state index in [1.54, 1.807) is 25.7 Å². The topological polar surface area (TPSA) is 76.2 Å². The average molecular weight is 419 g/mol. The van der Waals surface area contributed by atoms with Crippen LogP contribution in [0.15, 0.2) is 30.3 Å². The number of carbonyl (C=O) groups is 3. The third-order valence-electron chi connectivity index (χ3n) is 4.49. The van der Waals surface area contributed by atoms with Crippen molar-refractivity contribution in [3.05, 3.63) is 35.9 Å². The molecule has 0 bridgehead atoms. The quantitative estimate of drug-likeness (QED) is 0.717. The summed E-state index contributed by atoms with van der Waals surface area (Å²) in [4.78, 5) is 41.3. The first-order chi connectivity index (χ1) is 13.9. The van der Waals surface area contributed by atoms with Gasteiger partial charge < -0.3 is 14.4 Å². The van der Waals surface area contributed by atoms with Crippen LogP contribution in [-0.2, 0) is 20.8 Å². The number of imide groups is 1. The van der Waals surface area contributed by atoms with E-state index in [1.165, 1.54) is 0 Å². The minimum absolute atomic E-state index is 0.123. The van der Waals surface area contributed by atoms with E-state index in [4.69, 9.17) is 9.47 Å². The van der Waals surface area contributed by atoms with Crippen molar-refractivity contribution in [1.82, 2.24) is 9.80 Å². The van der Waals surface area contributed by atoms with Crippen LogP contribution in [0.25, 0.3) is 0 Å². The Morgan fingerprint density at radius 3 is 2.17 bits per heavy atom. The molecule has 0 aliphatic carbocycles. The van der Waals surface area contributed by atoms with Crippen molar-refractivity contribution in [2.75, 3.05) is 13.1 Å². The van der Waals surface area contributed by atoms with Gasteiger partial charge in [0.15, 0.2) is 0 Å². The fourth-order valence-corrected chi connectivity index (χ4v) is 3.21. The Balaban J connectivity index is 2.17. The lowest BCUT2D eigenvalue weighted by atomic mass is 9.96. The molecule has 1 aromatic carbocycles. The lowest BCUT2D eigenvalue weighted by Crippen LogP contribution is -2.50. The summed E-state index contributed by atoms with van der Waals surface area (Å²) in [6, 6.07) is 9.32. The van der Waals surface area contributed by atoms with Crippen molar-refractivity contribution in [2.45, 2.75) is 72.1 Å². The van der Waals surface area contributed by atoms with Gasteiger partial charge in [-0.2, -0.15) is 0 Å². The average Bonchev–Trinajstić information content (AvgIpc) is 2.63. The van der Waals surface area contributed by atoms with Crippen LogP contribution in [0.5, 0.6) is 0 Å². The molecule has 1 unspecified atom stereocenters. The normalized spacial score (nSPS) is 17.3. The second-order valence-electron chi connectivity index (χ2n) is 9.66. The highest BCUT2D eigenvalue weighted by Gasteiger charge is 2.36. The second-order valence-corrected chi connectivity index (χ2v) is 9.66. The predicted octanol–water partition coefficient (Wildman–Crippen LogP) is 4.60. The fraction of sp³-hybridized carbons (Fsp3) is 0.609. The number of carbonyl (C=O) groups excluding carboxylic acids is 3. The van der Waals surface area contributed by atoms with E-state index in [0.29, 0.717) is 19.4 Å². The molecule has 0 spiro atoms. The molecule has 7 nitrogen and oxygen atoms in total. The van der Waals surface area contributed by atoms with Gasteiger partial charge in [-0.1, -0.05) is 30.3 Å². The van der Waals surface area contributed by atoms with Crippen LogP contribution in [0.4, 0.5) is 9.59 Å². The first-order valence-corrected chi connectivity index (χ1v) is 10.4. The zero-order chi connectivity index (χ0) is 22.5. The molecular weight excluding hydrogens is 384 g/mol. The summed E-state index contributed by atoms with van der Waals surface area (Å²) in [7, 11) is 0. The molecule has 166 valence electrons. The Morgan fingerprint density at radius 2 is 1.60 bits per heavy atom. The molecule has 0 saturated carbocycles. The Morgan fingerprint density at radius 1 is 1.00 bits per heavy atom. The monoisotopic (exact) mass is 418 g/mol. The van der Waals surface area contributed by atoms with E-state index < -0.39 is 29.3 Å². The number of ether oxygens (including phenoxy) is 2. The SMILES string of the molecule is CC(C)(C)OC(=O)N1CCCC(C(=O)N(Cc2ccccc2)C(=O)OC(C)(C)C)C1. The van der Waals surface area contributed by atoms with Crippen molar-refractivity contribution in [2.24, 2.45) is 5.92 Å². The molecule has 1 aliphatic rings. The lowest BCUT2D eigenvalue weighted by molar-refractivity contribution is -0.136. The number of benzene rings is 1. The molecule has 1 saturated heterocycles. The summed E-state index contributed by atoms with van der Waals surface area (Å²) >= 11 is 0. The molecule has 1 aliphatic heterocycles. The van der Waals surface area contributed by atoms with E-state index in [0.717, 1.165) is 10.5 Å². The Bertz CT molecular complexity index is 749. The van der Waals surface area contributed by atoms with Gasteiger partial charge in [-0.05, 0) is 59.9 Å². The van der Waals surface area contributed by atoms with Crippen molar-refractivity contribution in [1.29, 1.82) is 0 Å². The zero-order valence-corrected chi connectivity index (χ0v) is 18.9. The van der Waals surface area contributed by atoms with Gasteiger partial charge in [0.1, 0.15) is 11.2 Å². The summed E-state index contributed by atoms with van der Waals surface area (Å²) in [5.41, 5.74) is -0.498. The molecule has 0 N–H and O–H groups in total. The van der Waals surface area contributed by atoms with Gasteiger partial charge in [0, 0.05) is 13.1 Å². The molecule has 30 heavy (non-hydrogen) atoms. The number of amides is 3. The van der Waals surface area contributed by atoms with Gasteiger partial charge in [-0.3, -0.25) is 4.79 Å². The Labute approximate surface area is 179 Å². The smallest absolute Gasteiger partial charge is 0.417 e. The maximum Gasteiger partial charge on any atom is 0.417 e. The van der Waals surface area contributed by atoms with Gasteiger partial charge in [0.25, 0.3) is 0 Å². The summed E-state index contributed by atoms with van der Waals surface area (Å²) in [6.07, 6.45) is 0.160. The van der Waals surface area contributed by atoms with E-state index in [1.807, 2.05) is 51.1 Å². The highest BCUT2D eigenvalue weighted by atomic mass is 16.6. The highest BCUT2D eigenvalue weighted by Crippen LogP contribution is 2.23. The third-order valence-corrected chi connectivity index (χ3v) is 4.49. The standard InChI is InChI=1S/C23H34N2O5/c1-22(2,3)29-20(27)24-14-10-13-18(16-24)19(26)25(21(28)30-23(4,5)6)15-17-11-8-7-9-12-17/h7-9,11-12,18H,10,13-16H2,1-6H3. The predicted molar refractivity (Wildman–Crippen MR) is 114 cm³/mol. The molecular formula is C23H34N2O5. The first-order valence-electron chi connectivity index (χ1n) is 10.4. The summed E-state index contributed by atoms with van der Waals surface area (Å²) in [6.45, 7) is 11.6. The highest BCUT2D eigenvalue weighted by molar-refractivity contribution is 5.93. The molecule has 2 rings (SSSR count). The number of piperidine rings is 1. The second kappa shape index (κ2) is 9.49. The van der Waals surface area contributed by atoms with Crippen LogP contribution in [-0.4, -0.2) is 52.2 Å². The number of hydrogen-bond acceptors (Lipinski definition) is 5. The minimum Gasteiger partial charge on any atom is -0.444 e. The fourth-order valence-electron chi connectivity index (χ4n) is 3.21. The lowest BCUT2D eigenvalue weighted by Gasteiger charge is -2.35. The Kier molecular flexibility index (Phi) is 7.50. The molecule has 1 atom stereocenters. The van der Waals surface area contributed by atoms with E-state index >= 15 is 0 Å². The summed E-state index contributed by atoms with van der Waals surface area (Å²) in [5, 5.41) is 0. The molecule has 1 heterocycles. The van der Waals surface area contributed by atoms with Gasteiger partial charge in [-0.25, -0.2) is 14.5 Å². The van der Waals surface area contributed by atoms with Gasteiger partial charge in [-0.15, -0.1) is 0 Å². The van der Waals surface area contributed by atoms with Crippen molar-refractivity contribution >= 4 is 18.1 Å². The van der Waals surface area contributed by atoms with Crippen LogP contribution >= 0.6 is 0 Å².